The highest BCUT2D eigenvalue weighted by atomic mass is 127. The lowest BCUT2D eigenvalue weighted by atomic mass is 9.86. The average molecular weight is 470 g/mol. The molecule has 0 saturated heterocycles. The first-order valence-corrected chi connectivity index (χ1v) is 8.84. The number of hydrogen-bond donors (Lipinski definition) is 2. The summed E-state index contributed by atoms with van der Waals surface area (Å²) in [6, 6.07) is 8.88. The van der Waals surface area contributed by atoms with E-state index in [2.05, 4.69) is 77.7 Å². The number of rotatable bonds is 6. The van der Waals surface area contributed by atoms with E-state index in [-0.39, 0.29) is 29.4 Å². The second-order valence-corrected chi connectivity index (χ2v) is 7.12. The van der Waals surface area contributed by atoms with E-state index < -0.39 is 0 Å². The van der Waals surface area contributed by atoms with Crippen molar-refractivity contribution >= 4 is 29.9 Å². The lowest BCUT2D eigenvalue weighted by molar-refractivity contribution is 0.590. The molecule has 26 heavy (non-hydrogen) atoms. The second kappa shape index (κ2) is 10.5. The number of nitrogens with one attached hydrogen (secondary N) is 2. The fourth-order valence-corrected chi connectivity index (χ4v) is 2.45. The quantitative estimate of drug-likeness (QED) is 0.387. The SMILES string of the molecule is CCNC(=NCc1ncnn1C)NCCc1ccc(C(C)(C)C)cc1.I. The molecule has 0 aliphatic rings. The van der Waals surface area contributed by atoms with E-state index in [0.717, 1.165) is 31.3 Å². The summed E-state index contributed by atoms with van der Waals surface area (Å²) in [7, 11) is 1.87. The summed E-state index contributed by atoms with van der Waals surface area (Å²) in [6.45, 7) is 10.9. The van der Waals surface area contributed by atoms with Gasteiger partial charge in [-0.3, -0.25) is 4.68 Å². The minimum Gasteiger partial charge on any atom is -0.357 e. The Morgan fingerprint density at radius 3 is 2.38 bits per heavy atom. The van der Waals surface area contributed by atoms with Gasteiger partial charge in [0.2, 0.25) is 0 Å². The Morgan fingerprint density at radius 2 is 1.85 bits per heavy atom. The summed E-state index contributed by atoms with van der Waals surface area (Å²) < 4.78 is 1.74. The first kappa shape index (κ1) is 22.4. The van der Waals surface area contributed by atoms with Gasteiger partial charge in [-0.2, -0.15) is 5.10 Å². The number of nitrogens with zero attached hydrogens (tertiary/aromatic N) is 4. The third-order valence-electron chi connectivity index (χ3n) is 4.05. The lowest BCUT2D eigenvalue weighted by Crippen LogP contribution is -2.38. The van der Waals surface area contributed by atoms with Crippen molar-refractivity contribution in [3.8, 4) is 0 Å². The predicted octanol–water partition coefficient (Wildman–Crippen LogP) is 3.03. The largest absolute Gasteiger partial charge is 0.357 e. The zero-order valence-corrected chi connectivity index (χ0v) is 18.7. The van der Waals surface area contributed by atoms with Crippen LogP contribution in [-0.2, 0) is 25.4 Å². The van der Waals surface area contributed by atoms with Crippen LogP contribution in [0.3, 0.4) is 0 Å². The number of guanidine groups is 1. The Kier molecular flexibility index (Phi) is 9.04. The minimum absolute atomic E-state index is 0. The number of aryl methyl sites for hydroxylation is 1. The Labute approximate surface area is 173 Å². The maximum absolute atomic E-state index is 4.57. The smallest absolute Gasteiger partial charge is 0.191 e. The maximum atomic E-state index is 4.57. The molecule has 0 radical (unpaired) electrons. The minimum atomic E-state index is 0. The van der Waals surface area contributed by atoms with Gasteiger partial charge in [0.15, 0.2) is 5.96 Å². The summed E-state index contributed by atoms with van der Waals surface area (Å²) in [5, 5.41) is 10.7. The normalized spacial score (nSPS) is 11.8. The van der Waals surface area contributed by atoms with Gasteiger partial charge in [0.05, 0.1) is 0 Å². The van der Waals surface area contributed by atoms with Crippen LogP contribution in [0.25, 0.3) is 0 Å². The van der Waals surface area contributed by atoms with Crippen molar-refractivity contribution in [2.75, 3.05) is 13.1 Å². The summed E-state index contributed by atoms with van der Waals surface area (Å²) in [5.41, 5.74) is 2.88. The molecule has 1 heterocycles. The number of hydrogen-bond acceptors (Lipinski definition) is 3. The molecule has 2 aromatic rings. The summed E-state index contributed by atoms with van der Waals surface area (Å²) >= 11 is 0. The molecule has 0 fully saturated rings. The molecule has 0 spiro atoms. The molecule has 0 bridgehead atoms. The fourth-order valence-electron chi connectivity index (χ4n) is 2.45. The van der Waals surface area contributed by atoms with Crippen molar-refractivity contribution in [2.24, 2.45) is 12.0 Å². The van der Waals surface area contributed by atoms with Crippen molar-refractivity contribution in [2.45, 2.75) is 46.1 Å². The van der Waals surface area contributed by atoms with E-state index in [1.54, 1.807) is 11.0 Å². The van der Waals surface area contributed by atoms with Gasteiger partial charge in [0.25, 0.3) is 0 Å². The Bertz CT molecular complexity index is 685. The molecule has 0 saturated carbocycles. The molecule has 2 N–H and O–H groups in total. The van der Waals surface area contributed by atoms with Crippen molar-refractivity contribution in [1.82, 2.24) is 25.4 Å². The first-order valence-electron chi connectivity index (χ1n) is 8.84. The van der Waals surface area contributed by atoms with Gasteiger partial charge in [-0.25, -0.2) is 9.98 Å². The van der Waals surface area contributed by atoms with E-state index in [4.69, 9.17) is 0 Å². The molecule has 7 heteroatoms. The van der Waals surface area contributed by atoms with Crippen molar-refractivity contribution in [1.29, 1.82) is 0 Å². The van der Waals surface area contributed by atoms with Crippen LogP contribution in [0.2, 0.25) is 0 Å². The van der Waals surface area contributed by atoms with Crippen molar-refractivity contribution < 1.29 is 0 Å². The molecule has 0 unspecified atom stereocenters. The van der Waals surface area contributed by atoms with E-state index >= 15 is 0 Å². The van der Waals surface area contributed by atoms with Gasteiger partial charge >= 0.3 is 0 Å². The average Bonchev–Trinajstić information content (AvgIpc) is 2.97. The van der Waals surface area contributed by atoms with E-state index in [9.17, 15) is 0 Å². The van der Waals surface area contributed by atoms with Crippen LogP contribution in [0, 0.1) is 0 Å². The maximum Gasteiger partial charge on any atom is 0.191 e. The van der Waals surface area contributed by atoms with Crippen LogP contribution in [0.1, 0.15) is 44.6 Å². The highest BCUT2D eigenvalue weighted by Crippen LogP contribution is 2.22. The zero-order valence-electron chi connectivity index (χ0n) is 16.4. The highest BCUT2D eigenvalue weighted by Gasteiger charge is 2.12. The predicted molar refractivity (Wildman–Crippen MR) is 118 cm³/mol. The van der Waals surface area contributed by atoms with Gasteiger partial charge in [-0.15, -0.1) is 24.0 Å². The third-order valence-corrected chi connectivity index (χ3v) is 4.05. The molecular formula is C19H31IN6. The molecule has 1 aromatic carbocycles. The highest BCUT2D eigenvalue weighted by molar-refractivity contribution is 14.0. The van der Waals surface area contributed by atoms with Crippen LogP contribution >= 0.6 is 24.0 Å². The number of benzene rings is 1. The molecule has 144 valence electrons. The Hall–Kier alpha value is -1.64. The lowest BCUT2D eigenvalue weighted by Gasteiger charge is -2.19. The second-order valence-electron chi connectivity index (χ2n) is 7.12. The summed E-state index contributed by atoms with van der Waals surface area (Å²) in [6.07, 6.45) is 2.51. The van der Waals surface area contributed by atoms with Crippen LogP contribution in [0.5, 0.6) is 0 Å². The van der Waals surface area contributed by atoms with Crippen LogP contribution in [0.15, 0.2) is 35.6 Å². The Balaban J connectivity index is 0.00000338. The molecule has 1 aromatic heterocycles. The standard InChI is InChI=1S/C19H30N6.HI/c1-6-20-18(22-13-17-23-14-24-25(17)5)21-12-11-15-7-9-16(10-8-15)19(2,3)4;/h7-10,14H,6,11-13H2,1-5H3,(H2,20,21,22);1H. The molecule has 0 aliphatic heterocycles. The first-order chi connectivity index (χ1) is 11.9. The van der Waals surface area contributed by atoms with E-state index in [0.29, 0.717) is 6.54 Å². The van der Waals surface area contributed by atoms with Crippen LogP contribution in [0.4, 0.5) is 0 Å². The number of aromatic nitrogens is 3. The molecule has 0 atom stereocenters. The Morgan fingerprint density at radius 1 is 1.15 bits per heavy atom. The van der Waals surface area contributed by atoms with Gasteiger partial charge in [-0.05, 0) is 29.9 Å². The number of halogens is 1. The van der Waals surface area contributed by atoms with Gasteiger partial charge in [-0.1, -0.05) is 45.0 Å². The third kappa shape index (κ3) is 6.93. The molecular weight excluding hydrogens is 439 g/mol. The molecule has 0 aliphatic carbocycles. The van der Waals surface area contributed by atoms with E-state index in [1.165, 1.54) is 11.1 Å². The van der Waals surface area contributed by atoms with E-state index in [1.807, 2.05) is 7.05 Å². The summed E-state index contributed by atoms with van der Waals surface area (Å²) in [4.78, 5) is 8.76. The van der Waals surface area contributed by atoms with Crippen LogP contribution < -0.4 is 10.6 Å². The van der Waals surface area contributed by atoms with Crippen molar-refractivity contribution in [3.05, 3.63) is 47.5 Å². The number of aliphatic imine (C=N–C) groups is 1. The van der Waals surface area contributed by atoms with Gasteiger partial charge < -0.3 is 10.6 Å². The zero-order chi connectivity index (χ0) is 18.3. The van der Waals surface area contributed by atoms with Crippen molar-refractivity contribution in [3.63, 3.8) is 0 Å². The molecule has 6 nitrogen and oxygen atoms in total. The van der Waals surface area contributed by atoms with Crippen LogP contribution in [-0.4, -0.2) is 33.8 Å². The molecule has 0 amide bonds. The van der Waals surface area contributed by atoms with Gasteiger partial charge in [0.1, 0.15) is 18.7 Å². The van der Waals surface area contributed by atoms with Gasteiger partial charge in [0, 0.05) is 20.1 Å². The molecule has 2 rings (SSSR count). The monoisotopic (exact) mass is 470 g/mol. The summed E-state index contributed by atoms with van der Waals surface area (Å²) in [5.74, 6) is 1.65. The fraction of sp³-hybridized carbons (Fsp3) is 0.526. The topological polar surface area (TPSA) is 67.1 Å².